The number of rotatable bonds is 3. The molecule has 1 aliphatic rings. The van der Waals surface area contributed by atoms with E-state index in [1.807, 2.05) is 20.8 Å². The van der Waals surface area contributed by atoms with Crippen LogP contribution in [0.2, 0.25) is 0 Å². The lowest BCUT2D eigenvalue weighted by Gasteiger charge is -2.42. The molecule has 0 unspecified atom stereocenters. The number of carbonyl (C=O) groups excluding carboxylic acids is 1. The zero-order valence-electron chi connectivity index (χ0n) is 14.9. The number of aliphatic hydroxyl groups excluding tert-OH is 1. The van der Waals surface area contributed by atoms with Crippen molar-refractivity contribution in [2.45, 2.75) is 33.3 Å². The first-order valence-corrected chi connectivity index (χ1v) is 10.0. The largest absolute Gasteiger partial charge is 0.391 e. The van der Waals surface area contributed by atoms with Gasteiger partial charge in [-0.25, -0.2) is 12.8 Å². The molecule has 1 heterocycles. The molecule has 2 N–H and O–H groups in total. The van der Waals surface area contributed by atoms with E-state index in [2.05, 4.69) is 4.72 Å². The van der Waals surface area contributed by atoms with Crippen LogP contribution in [-0.4, -0.2) is 49.8 Å². The number of nitrogens with zero attached hydrogens (tertiary/aromatic N) is 1. The predicted octanol–water partition coefficient (Wildman–Crippen LogP) is 2.07. The van der Waals surface area contributed by atoms with Crippen molar-refractivity contribution in [2.24, 2.45) is 11.3 Å². The Bertz CT molecular complexity index is 758. The van der Waals surface area contributed by atoms with Gasteiger partial charge in [0.2, 0.25) is 10.0 Å². The normalized spacial score (nSPS) is 21.9. The molecular weight excluding hydrogens is 347 g/mol. The average molecular weight is 372 g/mol. The quantitative estimate of drug-likeness (QED) is 0.850. The number of anilines is 1. The van der Waals surface area contributed by atoms with Gasteiger partial charge in [0.1, 0.15) is 5.82 Å². The van der Waals surface area contributed by atoms with Crippen molar-refractivity contribution in [3.05, 3.63) is 29.6 Å². The van der Waals surface area contributed by atoms with E-state index in [0.717, 1.165) is 18.4 Å². The van der Waals surface area contributed by atoms with Gasteiger partial charge in [-0.2, -0.15) is 0 Å². The number of halogens is 1. The van der Waals surface area contributed by atoms with Gasteiger partial charge in [-0.3, -0.25) is 9.52 Å². The predicted molar refractivity (Wildman–Crippen MR) is 94.3 cm³/mol. The highest BCUT2D eigenvalue weighted by atomic mass is 32.2. The molecular formula is C17H25FN2O4S. The van der Waals surface area contributed by atoms with Gasteiger partial charge in [-0.15, -0.1) is 0 Å². The fourth-order valence-electron chi connectivity index (χ4n) is 3.28. The molecule has 8 heteroatoms. The minimum absolute atomic E-state index is 0.0290. The summed E-state index contributed by atoms with van der Waals surface area (Å²) in [4.78, 5) is 14.2. The van der Waals surface area contributed by atoms with Crippen molar-refractivity contribution in [1.82, 2.24) is 4.90 Å². The summed E-state index contributed by atoms with van der Waals surface area (Å²) in [5.74, 6) is -1.08. The molecule has 1 aromatic carbocycles. The molecule has 0 aromatic heterocycles. The number of sulfonamides is 1. The molecule has 1 saturated heterocycles. The van der Waals surface area contributed by atoms with Crippen LogP contribution in [0.3, 0.4) is 0 Å². The Morgan fingerprint density at radius 3 is 2.52 bits per heavy atom. The van der Waals surface area contributed by atoms with Gasteiger partial charge < -0.3 is 10.0 Å². The second-order valence-corrected chi connectivity index (χ2v) is 9.39. The zero-order valence-corrected chi connectivity index (χ0v) is 15.7. The summed E-state index contributed by atoms with van der Waals surface area (Å²) in [6.07, 6.45) is 0.904. The van der Waals surface area contributed by atoms with Crippen LogP contribution < -0.4 is 4.72 Å². The maximum Gasteiger partial charge on any atom is 0.256 e. The van der Waals surface area contributed by atoms with Crippen LogP contribution in [0.5, 0.6) is 0 Å². The topological polar surface area (TPSA) is 86.7 Å². The van der Waals surface area contributed by atoms with E-state index < -0.39 is 27.9 Å². The standard InChI is InChI=1S/C17H25FN2O4S/c1-17(2,3)13-7-8-20(10-15(13)21)16(22)12-9-11(18)5-6-14(12)19-25(4,23)24/h5-6,9,13,15,19,21H,7-8,10H2,1-4H3/t13-,15-/m0/s1. The van der Waals surface area contributed by atoms with Gasteiger partial charge in [-0.05, 0) is 36.0 Å². The van der Waals surface area contributed by atoms with Crippen LogP contribution in [0.1, 0.15) is 37.6 Å². The average Bonchev–Trinajstić information content (AvgIpc) is 2.45. The number of nitrogens with one attached hydrogen (secondary N) is 1. The Balaban J connectivity index is 2.25. The smallest absolute Gasteiger partial charge is 0.256 e. The lowest BCUT2D eigenvalue weighted by molar-refractivity contribution is -0.0188. The molecule has 2 rings (SSSR count). The zero-order chi connectivity index (χ0) is 19.0. The summed E-state index contributed by atoms with van der Waals surface area (Å²) in [5, 5.41) is 10.4. The highest BCUT2D eigenvalue weighted by molar-refractivity contribution is 7.92. The van der Waals surface area contributed by atoms with Gasteiger partial charge in [0.15, 0.2) is 0 Å². The molecule has 140 valence electrons. The van der Waals surface area contributed by atoms with Gasteiger partial charge in [0, 0.05) is 13.1 Å². The van der Waals surface area contributed by atoms with Gasteiger partial charge in [0.25, 0.3) is 5.91 Å². The Morgan fingerprint density at radius 1 is 1.36 bits per heavy atom. The molecule has 1 aliphatic heterocycles. The van der Waals surface area contributed by atoms with Crippen molar-refractivity contribution >= 4 is 21.6 Å². The summed E-state index contributed by atoms with van der Waals surface area (Å²) < 4.78 is 38.8. The second kappa shape index (κ2) is 6.92. The molecule has 0 aliphatic carbocycles. The molecule has 0 bridgehead atoms. The monoisotopic (exact) mass is 372 g/mol. The van der Waals surface area contributed by atoms with Crippen LogP contribution >= 0.6 is 0 Å². The van der Waals surface area contributed by atoms with Gasteiger partial charge in [0.05, 0.1) is 23.6 Å². The van der Waals surface area contributed by atoms with E-state index in [1.165, 1.54) is 11.0 Å². The number of carbonyl (C=O) groups is 1. The fraction of sp³-hybridized carbons (Fsp3) is 0.588. The number of likely N-dealkylation sites (tertiary alicyclic amines) is 1. The van der Waals surface area contributed by atoms with Gasteiger partial charge in [-0.1, -0.05) is 20.8 Å². The lowest BCUT2D eigenvalue weighted by atomic mass is 9.73. The summed E-state index contributed by atoms with van der Waals surface area (Å²) in [6.45, 7) is 6.68. The van der Waals surface area contributed by atoms with E-state index in [0.29, 0.717) is 13.0 Å². The van der Waals surface area contributed by atoms with Crippen LogP contribution in [-0.2, 0) is 10.0 Å². The van der Waals surface area contributed by atoms with Crippen LogP contribution in [0, 0.1) is 17.2 Å². The first kappa shape index (κ1) is 19.7. The van der Waals surface area contributed by atoms with Crippen molar-refractivity contribution in [2.75, 3.05) is 24.1 Å². The third-order valence-corrected chi connectivity index (χ3v) is 5.08. The highest BCUT2D eigenvalue weighted by Crippen LogP contribution is 2.35. The lowest BCUT2D eigenvalue weighted by Crippen LogP contribution is -2.50. The molecule has 6 nitrogen and oxygen atoms in total. The molecule has 25 heavy (non-hydrogen) atoms. The molecule has 1 aromatic rings. The maximum atomic E-state index is 13.6. The van der Waals surface area contributed by atoms with E-state index >= 15 is 0 Å². The number of benzene rings is 1. The number of aliphatic hydroxyl groups is 1. The maximum absolute atomic E-state index is 13.6. The SMILES string of the molecule is CC(C)(C)[C@H]1CCN(C(=O)c2cc(F)ccc2NS(C)(=O)=O)C[C@@H]1O. The number of hydrogen-bond acceptors (Lipinski definition) is 4. The van der Waals surface area contributed by atoms with Crippen molar-refractivity contribution < 1.29 is 22.7 Å². The number of β-amino-alcohol motifs (C(OH)–C–C–N with tert-alkyl or cyclic N) is 1. The Labute approximate surface area is 148 Å². The summed E-state index contributed by atoms with van der Waals surface area (Å²) in [6, 6.07) is 3.32. The second-order valence-electron chi connectivity index (χ2n) is 7.64. The van der Waals surface area contributed by atoms with E-state index in [9.17, 15) is 22.7 Å². The third kappa shape index (κ3) is 4.92. The molecule has 0 saturated carbocycles. The minimum atomic E-state index is -3.61. The molecule has 0 radical (unpaired) electrons. The van der Waals surface area contributed by atoms with Crippen LogP contribution in [0.4, 0.5) is 10.1 Å². The van der Waals surface area contributed by atoms with E-state index in [4.69, 9.17) is 0 Å². The number of hydrogen-bond donors (Lipinski definition) is 2. The first-order chi connectivity index (χ1) is 11.4. The van der Waals surface area contributed by atoms with Crippen LogP contribution in [0.25, 0.3) is 0 Å². The highest BCUT2D eigenvalue weighted by Gasteiger charge is 2.37. The van der Waals surface area contributed by atoms with Crippen molar-refractivity contribution in [3.8, 4) is 0 Å². The number of piperidine rings is 1. The Kier molecular flexibility index (Phi) is 5.44. The van der Waals surface area contributed by atoms with E-state index in [1.54, 1.807) is 0 Å². The Morgan fingerprint density at radius 2 is 2.00 bits per heavy atom. The molecule has 2 atom stereocenters. The van der Waals surface area contributed by atoms with E-state index in [-0.39, 0.29) is 29.1 Å². The number of amides is 1. The molecule has 1 fully saturated rings. The Hall–Kier alpha value is -1.67. The minimum Gasteiger partial charge on any atom is -0.391 e. The third-order valence-electron chi connectivity index (χ3n) is 4.49. The summed E-state index contributed by atoms with van der Waals surface area (Å²) in [7, 11) is -3.61. The van der Waals surface area contributed by atoms with Gasteiger partial charge >= 0.3 is 0 Å². The first-order valence-electron chi connectivity index (χ1n) is 8.13. The van der Waals surface area contributed by atoms with Crippen molar-refractivity contribution in [3.63, 3.8) is 0 Å². The molecule has 0 spiro atoms. The summed E-state index contributed by atoms with van der Waals surface area (Å²) in [5.41, 5.74) is -0.121. The summed E-state index contributed by atoms with van der Waals surface area (Å²) >= 11 is 0. The molecule has 1 amide bonds. The van der Waals surface area contributed by atoms with Crippen molar-refractivity contribution in [1.29, 1.82) is 0 Å². The fourth-order valence-corrected chi connectivity index (χ4v) is 3.86. The van der Waals surface area contributed by atoms with Crippen LogP contribution in [0.15, 0.2) is 18.2 Å².